The van der Waals surface area contributed by atoms with Crippen LogP contribution in [0.5, 0.6) is 0 Å². The van der Waals surface area contributed by atoms with E-state index in [0.29, 0.717) is 25.5 Å². The monoisotopic (exact) mass is 506 g/mol. The van der Waals surface area contributed by atoms with Gasteiger partial charge in [-0.15, -0.1) is 21.5 Å². The molecule has 2 aromatic heterocycles. The summed E-state index contributed by atoms with van der Waals surface area (Å²) in [6.07, 6.45) is 0.431. The standard InChI is InChI=1S/C26H31BN4O4S/c1-7-19(25(32)33)22-23-30-29-16(4)31(23)24-20(14(2)15(3)36-24)21(28-22)17-8-10-18(11-9-17)27-34-12-26(5,6)13-35-27/h8-11,19,22H,7,12-13H2,1-6H3,(H,32,33)/t19?,22-/m0/s1. The Morgan fingerprint density at radius 2 is 1.86 bits per heavy atom. The first-order chi connectivity index (χ1) is 17.1. The van der Waals surface area contributed by atoms with Gasteiger partial charge in [0.1, 0.15) is 16.9 Å². The first-order valence-electron chi connectivity index (χ1n) is 12.3. The summed E-state index contributed by atoms with van der Waals surface area (Å²) in [5.74, 6) is -0.313. The lowest BCUT2D eigenvalue weighted by Gasteiger charge is -2.33. The topological polar surface area (TPSA) is 98.8 Å². The Kier molecular flexibility index (Phi) is 6.38. The van der Waals surface area contributed by atoms with Gasteiger partial charge in [-0.05, 0) is 38.2 Å². The molecule has 1 saturated heterocycles. The Bertz CT molecular complexity index is 1330. The first kappa shape index (κ1) is 24.9. The molecular weight excluding hydrogens is 475 g/mol. The fourth-order valence-corrected chi connectivity index (χ4v) is 6.05. The van der Waals surface area contributed by atoms with Crippen LogP contribution in [0.2, 0.25) is 0 Å². The number of carbonyl (C=O) groups is 1. The summed E-state index contributed by atoms with van der Waals surface area (Å²) in [6, 6.07) is 7.41. The molecule has 0 aliphatic carbocycles. The number of carboxylic acid groups (broad SMARTS) is 1. The molecule has 0 amide bonds. The predicted molar refractivity (Wildman–Crippen MR) is 141 cm³/mol. The summed E-state index contributed by atoms with van der Waals surface area (Å²) in [6.45, 7) is 13.5. The first-order valence-corrected chi connectivity index (χ1v) is 13.1. The van der Waals surface area contributed by atoms with Crippen LogP contribution in [-0.4, -0.2) is 51.9 Å². The van der Waals surface area contributed by atoms with Gasteiger partial charge in [-0.1, -0.05) is 45.0 Å². The van der Waals surface area contributed by atoms with E-state index in [2.05, 4.69) is 37.9 Å². The maximum Gasteiger partial charge on any atom is 0.493 e. The number of aromatic nitrogens is 3. The minimum absolute atomic E-state index is 0.00276. The zero-order chi connectivity index (χ0) is 25.8. The molecule has 0 radical (unpaired) electrons. The molecule has 8 nitrogen and oxygen atoms in total. The number of fused-ring (bicyclic) bond motifs is 3. The van der Waals surface area contributed by atoms with E-state index in [4.69, 9.17) is 14.3 Å². The van der Waals surface area contributed by atoms with Crippen LogP contribution in [0.3, 0.4) is 0 Å². The van der Waals surface area contributed by atoms with Crippen molar-refractivity contribution in [3.63, 3.8) is 0 Å². The van der Waals surface area contributed by atoms with Crippen LogP contribution in [-0.2, 0) is 14.1 Å². The summed E-state index contributed by atoms with van der Waals surface area (Å²) in [5.41, 5.74) is 4.77. The van der Waals surface area contributed by atoms with Gasteiger partial charge >= 0.3 is 13.1 Å². The van der Waals surface area contributed by atoms with Gasteiger partial charge in [0.15, 0.2) is 5.82 Å². The molecule has 36 heavy (non-hydrogen) atoms. The molecule has 10 heteroatoms. The zero-order valence-electron chi connectivity index (χ0n) is 21.5. The molecule has 0 spiro atoms. The highest BCUT2D eigenvalue weighted by atomic mass is 32.1. The number of carboxylic acids is 1. The fraction of sp³-hybridized carbons (Fsp3) is 0.462. The van der Waals surface area contributed by atoms with Crippen molar-refractivity contribution in [2.24, 2.45) is 16.3 Å². The molecule has 4 heterocycles. The summed E-state index contributed by atoms with van der Waals surface area (Å²) in [4.78, 5) is 18.6. The minimum atomic E-state index is -0.888. The van der Waals surface area contributed by atoms with Crippen molar-refractivity contribution in [1.29, 1.82) is 0 Å². The molecule has 188 valence electrons. The molecule has 3 aromatic rings. The van der Waals surface area contributed by atoms with Crippen molar-refractivity contribution in [2.75, 3.05) is 13.2 Å². The van der Waals surface area contributed by atoms with Crippen LogP contribution >= 0.6 is 11.3 Å². The lowest BCUT2D eigenvalue weighted by molar-refractivity contribution is -0.142. The summed E-state index contributed by atoms with van der Waals surface area (Å²) >= 11 is 1.66. The Hall–Kier alpha value is -2.82. The van der Waals surface area contributed by atoms with Gasteiger partial charge in [0.25, 0.3) is 0 Å². The highest BCUT2D eigenvalue weighted by Crippen LogP contribution is 2.41. The van der Waals surface area contributed by atoms with E-state index < -0.39 is 25.0 Å². The summed E-state index contributed by atoms with van der Waals surface area (Å²) in [5, 5.41) is 19.7. The van der Waals surface area contributed by atoms with Gasteiger partial charge in [0.2, 0.25) is 0 Å². The second-order valence-corrected chi connectivity index (χ2v) is 11.6. The molecule has 1 N–H and O–H groups in total. The van der Waals surface area contributed by atoms with E-state index in [1.807, 2.05) is 42.7 Å². The third-order valence-corrected chi connectivity index (χ3v) is 8.23. The molecule has 2 atom stereocenters. The quantitative estimate of drug-likeness (QED) is 0.525. The van der Waals surface area contributed by atoms with E-state index in [9.17, 15) is 9.90 Å². The minimum Gasteiger partial charge on any atom is -0.481 e. The highest BCUT2D eigenvalue weighted by molar-refractivity contribution is 7.15. The number of aryl methyl sites for hydroxylation is 2. The molecule has 1 aromatic carbocycles. The fourth-order valence-electron chi connectivity index (χ4n) is 4.83. The van der Waals surface area contributed by atoms with Gasteiger partial charge in [-0.25, -0.2) is 0 Å². The molecule has 5 rings (SSSR count). The Balaban J connectivity index is 1.63. The molecule has 0 bridgehead atoms. The van der Waals surface area contributed by atoms with Gasteiger partial charge < -0.3 is 14.4 Å². The van der Waals surface area contributed by atoms with Crippen LogP contribution < -0.4 is 5.46 Å². The summed E-state index contributed by atoms with van der Waals surface area (Å²) < 4.78 is 13.9. The van der Waals surface area contributed by atoms with Crippen LogP contribution in [0.1, 0.15) is 66.5 Å². The lowest BCUT2D eigenvalue weighted by Crippen LogP contribution is -2.47. The Labute approximate surface area is 215 Å². The van der Waals surface area contributed by atoms with E-state index in [1.165, 1.54) is 4.88 Å². The van der Waals surface area contributed by atoms with E-state index >= 15 is 0 Å². The molecule has 0 saturated carbocycles. The van der Waals surface area contributed by atoms with Crippen molar-refractivity contribution in [3.8, 4) is 5.00 Å². The van der Waals surface area contributed by atoms with Crippen molar-refractivity contribution in [2.45, 2.75) is 54.0 Å². The largest absolute Gasteiger partial charge is 0.493 e. The SMILES string of the molecule is CCC(C(=O)O)[C@@H]1N=C(c2ccc(B3OCC(C)(C)CO3)cc2)c2c(sc(C)c2C)-n2c(C)nnc21. The molecule has 1 unspecified atom stereocenters. The predicted octanol–water partition coefficient (Wildman–Crippen LogP) is 4.03. The van der Waals surface area contributed by atoms with E-state index in [1.54, 1.807) is 11.3 Å². The zero-order valence-corrected chi connectivity index (χ0v) is 22.3. The number of benzene rings is 1. The second-order valence-electron chi connectivity index (χ2n) is 10.4. The lowest BCUT2D eigenvalue weighted by atomic mass is 9.75. The summed E-state index contributed by atoms with van der Waals surface area (Å²) in [7, 11) is -0.397. The number of hydrogen-bond acceptors (Lipinski definition) is 7. The number of aliphatic imine (C=N–C) groups is 1. The van der Waals surface area contributed by atoms with E-state index in [0.717, 1.165) is 38.7 Å². The smallest absolute Gasteiger partial charge is 0.481 e. The highest BCUT2D eigenvalue weighted by Gasteiger charge is 2.38. The van der Waals surface area contributed by atoms with Crippen molar-refractivity contribution >= 4 is 35.6 Å². The van der Waals surface area contributed by atoms with Crippen LogP contribution in [0.15, 0.2) is 29.3 Å². The Morgan fingerprint density at radius 1 is 1.19 bits per heavy atom. The number of nitrogens with zero attached hydrogens (tertiary/aromatic N) is 4. The third kappa shape index (κ3) is 4.21. The average Bonchev–Trinajstić information content (AvgIpc) is 3.31. The molecule has 2 aliphatic heterocycles. The van der Waals surface area contributed by atoms with Crippen molar-refractivity contribution < 1.29 is 19.2 Å². The van der Waals surface area contributed by atoms with Crippen LogP contribution in [0.25, 0.3) is 5.00 Å². The van der Waals surface area contributed by atoms with Gasteiger partial charge in [0, 0.05) is 34.6 Å². The molecule has 2 aliphatic rings. The number of thiophene rings is 1. The van der Waals surface area contributed by atoms with Gasteiger partial charge in [-0.3, -0.25) is 14.4 Å². The number of aliphatic carboxylic acids is 1. The van der Waals surface area contributed by atoms with Crippen molar-refractivity contribution in [3.05, 3.63) is 57.5 Å². The maximum absolute atomic E-state index is 12.2. The molecular formula is C26H31BN4O4S. The van der Waals surface area contributed by atoms with Crippen LogP contribution in [0.4, 0.5) is 0 Å². The normalized spacial score (nSPS) is 19.8. The maximum atomic E-state index is 12.2. The number of rotatable bonds is 5. The second kappa shape index (κ2) is 9.25. The van der Waals surface area contributed by atoms with Gasteiger partial charge in [0.05, 0.1) is 11.6 Å². The number of hydrogen-bond donors (Lipinski definition) is 1. The molecule has 1 fully saturated rings. The Morgan fingerprint density at radius 3 is 2.47 bits per heavy atom. The third-order valence-electron chi connectivity index (χ3n) is 7.03. The average molecular weight is 506 g/mol. The van der Waals surface area contributed by atoms with Crippen molar-refractivity contribution in [1.82, 2.24) is 14.8 Å². The van der Waals surface area contributed by atoms with Gasteiger partial charge in [-0.2, -0.15) is 0 Å². The van der Waals surface area contributed by atoms with Crippen LogP contribution in [0, 0.1) is 32.1 Å². The van der Waals surface area contributed by atoms with E-state index in [-0.39, 0.29) is 5.41 Å².